The molecular weight excluding hydrogens is 608 g/mol. The third kappa shape index (κ3) is 39.0. The van der Waals surface area contributed by atoms with Crippen molar-refractivity contribution in [1.82, 2.24) is 0 Å². The molecule has 0 heterocycles. The van der Waals surface area contributed by atoms with Crippen molar-refractivity contribution in [3.8, 4) is 0 Å². The van der Waals surface area contributed by atoms with Crippen molar-refractivity contribution in [3.05, 3.63) is 24.3 Å². The van der Waals surface area contributed by atoms with E-state index in [2.05, 4.69) is 38.2 Å². The maximum Gasteiger partial charge on any atom is 0.306 e. The Kier molecular flexibility index (Phi) is 39.5. The van der Waals surface area contributed by atoms with E-state index in [9.17, 15) is 14.7 Å². The van der Waals surface area contributed by atoms with Gasteiger partial charge in [-0.2, -0.15) is 0 Å². The van der Waals surface area contributed by atoms with Gasteiger partial charge in [0, 0.05) is 12.8 Å². The van der Waals surface area contributed by atoms with E-state index in [-0.39, 0.29) is 25.2 Å². The molecule has 0 aliphatic rings. The number of ether oxygens (including phenoxy) is 2. The van der Waals surface area contributed by atoms with Gasteiger partial charge in [-0.1, -0.05) is 192 Å². The first-order valence-electron chi connectivity index (χ1n) is 21.4. The van der Waals surface area contributed by atoms with Gasteiger partial charge in [-0.15, -0.1) is 0 Å². The van der Waals surface area contributed by atoms with Crippen LogP contribution in [0.15, 0.2) is 24.3 Å². The summed E-state index contributed by atoms with van der Waals surface area (Å²) in [6.07, 6.45) is 48.3. The Bertz CT molecular complexity index is 746. The molecule has 1 unspecified atom stereocenters. The number of carbonyl (C=O) groups excluding carboxylic acids is 2. The van der Waals surface area contributed by atoms with Crippen molar-refractivity contribution < 1.29 is 24.2 Å². The molecule has 1 atom stereocenters. The summed E-state index contributed by atoms with van der Waals surface area (Å²) < 4.78 is 10.6. The van der Waals surface area contributed by atoms with Crippen LogP contribution in [0, 0.1) is 0 Å². The van der Waals surface area contributed by atoms with Crippen LogP contribution in [-0.4, -0.2) is 36.4 Å². The molecule has 0 spiro atoms. The monoisotopic (exact) mass is 691 g/mol. The summed E-state index contributed by atoms with van der Waals surface area (Å²) in [5, 5.41) is 9.55. The lowest BCUT2D eigenvalue weighted by Crippen LogP contribution is -2.28. The van der Waals surface area contributed by atoms with Gasteiger partial charge in [-0.3, -0.25) is 9.59 Å². The molecule has 0 bridgehead atoms. The Balaban J connectivity index is 3.46. The lowest BCUT2D eigenvalue weighted by atomic mass is 10.0. The molecule has 0 rings (SSSR count). The Morgan fingerprint density at radius 2 is 0.816 bits per heavy atom. The van der Waals surface area contributed by atoms with Gasteiger partial charge in [0.2, 0.25) is 0 Å². The number of hydrogen-bond acceptors (Lipinski definition) is 5. The highest BCUT2D eigenvalue weighted by atomic mass is 16.6. The summed E-state index contributed by atoms with van der Waals surface area (Å²) >= 11 is 0. The normalized spacial score (nSPS) is 12.3. The molecule has 0 saturated heterocycles. The number of carbonyl (C=O) groups is 2. The van der Waals surface area contributed by atoms with E-state index in [1.54, 1.807) is 0 Å². The van der Waals surface area contributed by atoms with E-state index < -0.39 is 6.10 Å². The molecule has 0 aromatic rings. The number of allylic oxidation sites excluding steroid dienone is 4. The molecule has 0 aromatic carbocycles. The fourth-order valence-electron chi connectivity index (χ4n) is 6.23. The third-order valence-electron chi connectivity index (χ3n) is 9.50. The number of unbranched alkanes of at least 4 members (excludes halogenated alkanes) is 27. The van der Waals surface area contributed by atoms with Crippen LogP contribution in [0.5, 0.6) is 0 Å². The maximum absolute atomic E-state index is 12.2. The lowest BCUT2D eigenvalue weighted by molar-refractivity contribution is -0.161. The van der Waals surface area contributed by atoms with Crippen LogP contribution in [0.3, 0.4) is 0 Å². The van der Waals surface area contributed by atoms with Crippen molar-refractivity contribution in [2.45, 2.75) is 232 Å². The summed E-state index contributed by atoms with van der Waals surface area (Å²) in [6.45, 7) is 4.12. The molecule has 0 radical (unpaired) electrons. The third-order valence-corrected chi connectivity index (χ3v) is 9.50. The van der Waals surface area contributed by atoms with Crippen molar-refractivity contribution in [2.75, 3.05) is 13.2 Å². The molecule has 1 N–H and O–H groups in total. The maximum atomic E-state index is 12.2. The summed E-state index contributed by atoms with van der Waals surface area (Å²) in [6, 6.07) is 0. The fraction of sp³-hybridized carbons (Fsp3) is 0.864. The highest BCUT2D eigenvalue weighted by molar-refractivity contribution is 5.70. The second kappa shape index (κ2) is 40.8. The molecule has 49 heavy (non-hydrogen) atoms. The zero-order valence-corrected chi connectivity index (χ0v) is 32.7. The van der Waals surface area contributed by atoms with Crippen LogP contribution in [0.2, 0.25) is 0 Å². The Hall–Kier alpha value is -1.62. The Morgan fingerprint density at radius 3 is 1.20 bits per heavy atom. The van der Waals surface area contributed by atoms with E-state index in [0.29, 0.717) is 12.8 Å². The number of aliphatic hydroxyl groups is 1. The molecule has 0 aliphatic heterocycles. The Morgan fingerprint density at radius 1 is 0.469 bits per heavy atom. The smallest absolute Gasteiger partial charge is 0.306 e. The number of aliphatic hydroxyl groups excluding tert-OH is 1. The molecule has 5 heteroatoms. The van der Waals surface area contributed by atoms with Crippen LogP contribution in [0.25, 0.3) is 0 Å². The molecule has 0 amide bonds. The SMILES string of the molecule is CCCCCCC/C=C\C/C=C\CCCCCCCCCCCCCCCC(=O)OC(CO)COC(=O)CCCCCCCCCCCC. The molecule has 288 valence electrons. The van der Waals surface area contributed by atoms with Crippen molar-refractivity contribution in [1.29, 1.82) is 0 Å². The van der Waals surface area contributed by atoms with E-state index in [1.165, 1.54) is 154 Å². The predicted octanol–water partition coefficient (Wildman–Crippen LogP) is 13.5. The second-order valence-electron chi connectivity index (χ2n) is 14.4. The van der Waals surface area contributed by atoms with Crippen LogP contribution in [-0.2, 0) is 19.1 Å². The summed E-state index contributed by atoms with van der Waals surface area (Å²) in [5.41, 5.74) is 0. The van der Waals surface area contributed by atoms with Gasteiger partial charge in [-0.25, -0.2) is 0 Å². The number of hydrogen-bond donors (Lipinski definition) is 1. The van der Waals surface area contributed by atoms with Gasteiger partial charge in [0.05, 0.1) is 6.61 Å². The second-order valence-corrected chi connectivity index (χ2v) is 14.4. The summed E-state index contributed by atoms with van der Waals surface area (Å²) in [4.78, 5) is 24.2. The van der Waals surface area contributed by atoms with Gasteiger partial charge >= 0.3 is 11.9 Å². The first-order chi connectivity index (χ1) is 24.1. The van der Waals surface area contributed by atoms with E-state index in [1.807, 2.05) is 0 Å². The minimum absolute atomic E-state index is 0.0614. The highest BCUT2D eigenvalue weighted by Crippen LogP contribution is 2.15. The number of esters is 2. The first kappa shape index (κ1) is 47.4. The zero-order chi connectivity index (χ0) is 35.7. The largest absolute Gasteiger partial charge is 0.462 e. The molecular formula is C44H82O5. The summed E-state index contributed by atoms with van der Waals surface area (Å²) in [7, 11) is 0. The first-order valence-corrected chi connectivity index (χ1v) is 21.4. The van der Waals surface area contributed by atoms with Gasteiger partial charge in [-0.05, 0) is 44.9 Å². The molecule has 0 aromatic heterocycles. The van der Waals surface area contributed by atoms with Crippen molar-refractivity contribution >= 4 is 11.9 Å². The standard InChI is InChI=1S/C44H82O5/c1-3-5-7-9-11-13-15-16-17-18-19-20-21-22-23-24-25-26-27-28-29-31-33-35-37-39-44(47)49-42(40-45)41-48-43(46)38-36-34-32-30-14-12-10-8-6-4-2/h15-16,18-19,42,45H,3-14,17,20-41H2,1-2H3/b16-15-,19-18-. The van der Waals surface area contributed by atoms with Crippen LogP contribution in [0.4, 0.5) is 0 Å². The predicted molar refractivity (Wildman–Crippen MR) is 210 cm³/mol. The minimum Gasteiger partial charge on any atom is -0.462 e. The molecule has 0 saturated carbocycles. The fourth-order valence-corrected chi connectivity index (χ4v) is 6.23. The molecule has 0 fully saturated rings. The average Bonchev–Trinajstić information content (AvgIpc) is 3.10. The van der Waals surface area contributed by atoms with Crippen molar-refractivity contribution in [3.63, 3.8) is 0 Å². The van der Waals surface area contributed by atoms with E-state index in [0.717, 1.165) is 44.9 Å². The highest BCUT2D eigenvalue weighted by Gasteiger charge is 2.16. The van der Waals surface area contributed by atoms with Gasteiger partial charge < -0.3 is 14.6 Å². The Labute approximate surface area is 304 Å². The van der Waals surface area contributed by atoms with Crippen LogP contribution < -0.4 is 0 Å². The minimum atomic E-state index is -0.765. The van der Waals surface area contributed by atoms with Crippen molar-refractivity contribution in [2.24, 2.45) is 0 Å². The summed E-state index contributed by atoms with van der Waals surface area (Å²) in [5.74, 6) is -0.585. The van der Waals surface area contributed by atoms with Gasteiger partial charge in [0.15, 0.2) is 6.10 Å². The van der Waals surface area contributed by atoms with E-state index >= 15 is 0 Å². The zero-order valence-electron chi connectivity index (χ0n) is 32.7. The van der Waals surface area contributed by atoms with Crippen LogP contribution in [0.1, 0.15) is 226 Å². The molecule has 5 nitrogen and oxygen atoms in total. The quantitative estimate of drug-likeness (QED) is 0.0395. The number of rotatable bonds is 39. The molecule has 0 aliphatic carbocycles. The van der Waals surface area contributed by atoms with Gasteiger partial charge in [0.1, 0.15) is 6.61 Å². The van der Waals surface area contributed by atoms with Gasteiger partial charge in [0.25, 0.3) is 0 Å². The topological polar surface area (TPSA) is 72.8 Å². The lowest BCUT2D eigenvalue weighted by Gasteiger charge is -2.15. The average molecular weight is 691 g/mol. The van der Waals surface area contributed by atoms with E-state index in [4.69, 9.17) is 9.47 Å². The van der Waals surface area contributed by atoms with Crippen LogP contribution >= 0.6 is 0 Å².